The Hall–Kier alpha value is -0.120. The molecule has 2 atom stereocenters. The van der Waals surface area contributed by atoms with Gasteiger partial charge in [-0.1, -0.05) is 0 Å². The topological polar surface area (TPSA) is 35.5 Å². The summed E-state index contributed by atoms with van der Waals surface area (Å²) < 4.78 is 0. The summed E-state index contributed by atoms with van der Waals surface area (Å²) in [5.41, 5.74) is 0. The minimum atomic E-state index is 0.268. The number of aliphatic hydroxyl groups is 1. The maximum atomic E-state index is 8.77. The molecule has 2 fully saturated rings. The van der Waals surface area contributed by atoms with Crippen molar-refractivity contribution >= 4 is 0 Å². The first-order chi connectivity index (χ1) is 7.20. The lowest BCUT2D eigenvalue weighted by Crippen LogP contribution is -2.33. The number of aliphatic hydroxyl groups excluding tert-OH is 1. The molecule has 3 heteroatoms. The quantitative estimate of drug-likeness (QED) is 0.719. The summed E-state index contributed by atoms with van der Waals surface area (Å²) in [6.45, 7) is 8.20. The molecule has 0 aromatic rings. The Labute approximate surface area is 92.8 Å². The van der Waals surface area contributed by atoms with Crippen LogP contribution in [0.2, 0.25) is 0 Å². The molecule has 0 amide bonds. The number of likely N-dealkylation sites (tertiary alicyclic amines) is 1. The molecule has 1 saturated carbocycles. The van der Waals surface area contributed by atoms with Gasteiger partial charge in [0.1, 0.15) is 0 Å². The fourth-order valence-corrected chi connectivity index (χ4v) is 3.19. The molecule has 88 valence electrons. The molecular formula is C12H24N2O. The van der Waals surface area contributed by atoms with Crippen LogP contribution in [0.3, 0.4) is 0 Å². The van der Waals surface area contributed by atoms with Gasteiger partial charge < -0.3 is 15.3 Å². The molecule has 15 heavy (non-hydrogen) atoms. The summed E-state index contributed by atoms with van der Waals surface area (Å²) >= 11 is 0. The van der Waals surface area contributed by atoms with Gasteiger partial charge in [0.2, 0.25) is 0 Å². The van der Waals surface area contributed by atoms with E-state index < -0.39 is 0 Å². The van der Waals surface area contributed by atoms with Gasteiger partial charge in [0.25, 0.3) is 0 Å². The highest BCUT2D eigenvalue weighted by Crippen LogP contribution is 2.38. The molecule has 0 radical (unpaired) electrons. The summed E-state index contributed by atoms with van der Waals surface area (Å²) in [4.78, 5) is 2.61. The molecule has 2 unspecified atom stereocenters. The minimum absolute atomic E-state index is 0.268. The van der Waals surface area contributed by atoms with Crippen LogP contribution in [0.1, 0.15) is 26.7 Å². The molecule has 0 bridgehead atoms. The number of rotatable bonds is 4. The first-order valence-electron chi connectivity index (χ1n) is 6.29. The van der Waals surface area contributed by atoms with E-state index >= 15 is 0 Å². The van der Waals surface area contributed by atoms with Crippen molar-refractivity contribution in [2.75, 3.05) is 26.2 Å². The monoisotopic (exact) mass is 212 g/mol. The summed E-state index contributed by atoms with van der Waals surface area (Å²) in [6, 6.07) is 1.38. The second-order valence-corrected chi connectivity index (χ2v) is 5.41. The van der Waals surface area contributed by atoms with Gasteiger partial charge in [-0.2, -0.15) is 0 Å². The molecule has 1 aliphatic carbocycles. The fraction of sp³-hybridized carbons (Fsp3) is 1.00. The smallest absolute Gasteiger partial charge is 0.0556 e. The molecule has 2 rings (SSSR count). The van der Waals surface area contributed by atoms with Crippen LogP contribution in [0, 0.1) is 11.8 Å². The van der Waals surface area contributed by atoms with Gasteiger partial charge in [-0.05, 0) is 38.5 Å². The zero-order valence-corrected chi connectivity index (χ0v) is 9.95. The average Bonchev–Trinajstić information content (AvgIpc) is 2.71. The number of nitrogens with zero attached hydrogens (tertiary/aromatic N) is 1. The Kier molecular flexibility index (Phi) is 3.65. The number of hydrogen-bond acceptors (Lipinski definition) is 3. The van der Waals surface area contributed by atoms with Crippen molar-refractivity contribution in [3.8, 4) is 0 Å². The predicted octanol–water partition coefficient (Wildman–Crippen LogP) is 0.687. The Balaban J connectivity index is 1.78. The highest BCUT2D eigenvalue weighted by molar-refractivity contribution is 4.95. The van der Waals surface area contributed by atoms with Crippen LogP contribution >= 0.6 is 0 Å². The maximum absolute atomic E-state index is 8.77. The van der Waals surface area contributed by atoms with Gasteiger partial charge >= 0.3 is 0 Å². The molecule has 1 heterocycles. The van der Waals surface area contributed by atoms with Crippen molar-refractivity contribution in [2.24, 2.45) is 11.8 Å². The van der Waals surface area contributed by atoms with E-state index in [1.165, 1.54) is 25.9 Å². The second kappa shape index (κ2) is 4.81. The van der Waals surface area contributed by atoms with E-state index in [4.69, 9.17) is 5.11 Å². The van der Waals surface area contributed by atoms with Crippen molar-refractivity contribution < 1.29 is 5.11 Å². The Morgan fingerprint density at radius 1 is 1.27 bits per heavy atom. The highest BCUT2D eigenvalue weighted by atomic mass is 16.3. The van der Waals surface area contributed by atoms with Gasteiger partial charge in [0.05, 0.1) is 6.61 Å². The lowest BCUT2D eigenvalue weighted by atomic mass is 10.0. The molecule has 0 aromatic carbocycles. The third-order valence-electron chi connectivity index (χ3n) is 4.05. The van der Waals surface area contributed by atoms with Crippen LogP contribution in [0.4, 0.5) is 0 Å². The number of nitrogens with one attached hydrogen (secondary N) is 1. The second-order valence-electron chi connectivity index (χ2n) is 5.41. The SMILES string of the molecule is CC(C)N1CC2CC(NCCO)CC2C1. The van der Waals surface area contributed by atoms with Crippen molar-refractivity contribution in [1.29, 1.82) is 0 Å². The van der Waals surface area contributed by atoms with Crippen LogP contribution in [-0.2, 0) is 0 Å². The van der Waals surface area contributed by atoms with Crippen molar-refractivity contribution in [1.82, 2.24) is 10.2 Å². The van der Waals surface area contributed by atoms with Crippen LogP contribution in [0.15, 0.2) is 0 Å². The highest BCUT2D eigenvalue weighted by Gasteiger charge is 2.40. The summed E-state index contributed by atoms with van der Waals surface area (Å²) in [5.74, 6) is 1.81. The zero-order chi connectivity index (χ0) is 10.8. The summed E-state index contributed by atoms with van der Waals surface area (Å²) in [5, 5.41) is 12.2. The lowest BCUT2D eigenvalue weighted by molar-refractivity contribution is 0.244. The van der Waals surface area contributed by atoms with Crippen LogP contribution in [0.5, 0.6) is 0 Å². The Morgan fingerprint density at radius 2 is 1.87 bits per heavy atom. The molecule has 1 saturated heterocycles. The van der Waals surface area contributed by atoms with E-state index in [2.05, 4.69) is 24.1 Å². The molecule has 1 aliphatic heterocycles. The third kappa shape index (κ3) is 2.52. The fourth-order valence-electron chi connectivity index (χ4n) is 3.19. The largest absolute Gasteiger partial charge is 0.395 e. The third-order valence-corrected chi connectivity index (χ3v) is 4.05. The van der Waals surface area contributed by atoms with Crippen molar-refractivity contribution in [3.05, 3.63) is 0 Å². The summed E-state index contributed by atoms with van der Waals surface area (Å²) in [7, 11) is 0. The minimum Gasteiger partial charge on any atom is -0.395 e. The van der Waals surface area contributed by atoms with E-state index in [-0.39, 0.29) is 6.61 Å². The normalized spacial score (nSPS) is 36.4. The maximum Gasteiger partial charge on any atom is 0.0556 e. The average molecular weight is 212 g/mol. The van der Waals surface area contributed by atoms with E-state index in [9.17, 15) is 0 Å². The first kappa shape index (κ1) is 11.4. The zero-order valence-electron chi connectivity index (χ0n) is 9.95. The van der Waals surface area contributed by atoms with E-state index in [1.54, 1.807) is 0 Å². The number of hydrogen-bond donors (Lipinski definition) is 2. The Morgan fingerprint density at radius 3 is 2.33 bits per heavy atom. The standard InChI is InChI=1S/C12H24N2O/c1-9(2)14-7-10-5-12(13-3-4-15)6-11(10)8-14/h9-13,15H,3-8H2,1-2H3. The molecular weight excluding hydrogens is 188 g/mol. The Bertz CT molecular complexity index is 194. The molecule has 2 N–H and O–H groups in total. The van der Waals surface area contributed by atoms with Gasteiger partial charge in [0, 0.05) is 31.7 Å². The van der Waals surface area contributed by atoms with Gasteiger partial charge in [-0.15, -0.1) is 0 Å². The predicted molar refractivity (Wildman–Crippen MR) is 61.8 cm³/mol. The van der Waals surface area contributed by atoms with Gasteiger partial charge in [-0.3, -0.25) is 0 Å². The van der Waals surface area contributed by atoms with E-state index in [1.807, 2.05) is 0 Å². The van der Waals surface area contributed by atoms with Crippen LogP contribution in [-0.4, -0.2) is 48.3 Å². The van der Waals surface area contributed by atoms with Crippen LogP contribution in [0.25, 0.3) is 0 Å². The first-order valence-corrected chi connectivity index (χ1v) is 6.29. The molecule has 0 aromatic heterocycles. The van der Waals surface area contributed by atoms with E-state index in [0.717, 1.165) is 18.4 Å². The van der Waals surface area contributed by atoms with Crippen molar-refractivity contribution in [3.63, 3.8) is 0 Å². The lowest BCUT2D eigenvalue weighted by Gasteiger charge is -2.22. The molecule has 3 nitrogen and oxygen atoms in total. The van der Waals surface area contributed by atoms with E-state index in [0.29, 0.717) is 12.1 Å². The van der Waals surface area contributed by atoms with Crippen molar-refractivity contribution in [2.45, 2.75) is 38.8 Å². The van der Waals surface area contributed by atoms with Gasteiger partial charge in [-0.25, -0.2) is 0 Å². The van der Waals surface area contributed by atoms with Gasteiger partial charge in [0.15, 0.2) is 0 Å². The summed E-state index contributed by atoms with van der Waals surface area (Å²) in [6.07, 6.45) is 2.63. The molecule has 2 aliphatic rings. The number of fused-ring (bicyclic) bond motifs is 1. The molecule has 0 spiro atoms. The van der Waals surface area contributed by atoms with Crippen LogP contribution < -0.4 is 5.32 Å².